The number of hydrogen-bond acceptors (Lipinski definition) is 3. The predicted molar refractivity (Wildman–Crippen MR) is 79.0 cm³/mol. The van der Waals surface area contributed by atoms with Gasteiger partial charge < -0.3 is 9.64 Å². The zero-order chi connectivity index (χ0) is 13.4. The van der Waals surface area contributed by atoms with E-state index < -0.39 is 0 Å². The minimum atomic E-state index is 0.857. The second kappa shape index (κ2) is 4.38. The molecule has 1 aromatic heterocycles. The SMILES string of the molecule is c1cncc(N2c3ccccc3Oc3ccccc32)c1. The van der Waals surface area contributed by atoms with Crippen LogP contribution in [-0.2, 0) is 0 Å². The minimum absolute atomic E-state index is 0.857. The smallest absolute Gasteiger partial charge is 0.151 e. The molecule has 3 nitrogen and oxygen atoms in total. The van der Waals surface area contributed by atoms with E-state index in [2.05, 4.69) is 22.0 Å². The molecule has 0 saturated heterocycles. The normalized spacial score (nSPS) is 12.3. The number of ether oxygens (including phenoxy) is 1. The maximum Gasteiger partial charge on any atom is 0.151 e. The number of aromatic nitrogens is 1. The molecule has 3 heteroatoms. The molecule has 1 aliphatic rings. The summed E-state index contributed by atoms with van der Waals surface area (Å²) in [7, 11) is 0. The number of rotatable bonds is 1. The van der Waals surface area contributed by atoms with Gasteiger partial charge in [0.15, 0.2) is 11.5 Å². The lowest BCUT2D eigenvalue weighted by Gasteiger charge is -2.32. The number of anilines is 3. The average Bonchev–Trinajstić information content (AvgIpc) is 2.53. The Balaban J connectivity index is 1.98. The Kier molecular flexibility index (Phi) is 2.42. The molecule has 0 spiro atoms. The summed E-state index contributed by atoms with van der Waals surface area (Å²) < 4.78 is 5.97. The van der Waals surface area contributed by atoms with Crippen LogP contribution in [-0.4, -0.2) is 4.98 Å². The molecular formula is C17H12N2O. The molecule has 0 N–H and O–H groups in total. The lowest BCUT2D eigenvalue weighted by molar-refractivity contribution is 0.477. The van der Waals surface area contributed by atoms with E-state index in [1.807, 2.05) is 54.7 Å². The number of pyridine rings is 1. The van der Waals surface area contributed by atoms with Crippen molar-refractivity contribution in [3.63, 3.8) is 0 Å². The lowest BCUT2D eigenvalue weighted by atomic mass is 10.1. The van der Waals surface area contributed by atoms with E-state index in [0.29, 0.717) is 0 Å². The van der Waals surface area contributed by atoms with Crippen LogP contribution in [0.15, 0.2) is 73.1 Å². The quantitative estimate of drug-likeness (QED) is 0.498. The van der Waals surface area contributed by atoms with Crippen LogP contribution in [0.25, 0.3) is 0 Å². The Morgan fingerprint density at radius 1 is 0.750 bits per heavy atom. The van der Waals surface area contributed by atoms with E-state index in [9.17, 15) is 0 Å². The van der Waals surface area contributed by atoms with E-state index >= 15 is 0 Å². The molecule has 1 aliphatic heterocycles. The van der Waals surface area contributed by atoms with Crippen molar-refractivity contribution in [3.8, 4) is 11.5 Å². The van der Waals surface area contributed by atoms with Gasteiger partial charge in [0.2, 0.25) is 0 Å². The van der Waals surface area contributed by atoms with Crippen LogP contribution in [0.5, 0.6) is 11.5 Å². The van der Waals surface area contributed by atoms with Gasteiger partial charge in [-0.25, -0.2) is 0 Å². The van der Waals surface area contributed by atoms with Crippen molar-refractivity contribution in [2.45, 2.75) is 0 Å². The summed E-state index contributed by atoms with van der Waals surface area (Å²) in [6.07, 6.45) is 3.64. The van der Waals surface area contributed by atoms with Crippen LogP contribution in [0.4, 0.5) is 17.1 Å². The van der Waals surface area contributed by atoms with Gasteiger partial charge in [-0.2, -0.15) is 0 Å². The van der Waals surface area contributed by atoms with Gasteiger partial charge in [-0.1, -0.05) is 24.3 Å². The molecule has 0 bridgehead atoms. The Bertz CT molecular complexity index is 710. The molecule has 2 heterocycles. The van der Waals surface area contributed by atoms with Crippen molar-refractivity contribution in [1.29, 1.82) is 0 Å². The first-order chi connectivity index (χ1) is 9.93. The number of fused-ring (bicyclic) bond motifs is 2. The molecular weight excluding hydrogens is 248 g/mol. The third-order valence-corrected chi connectivity index (χ3v) is 3.34. The molecule has 0 aliphatic carbocycles. The molecule has 0 unspecified atom stereocenters. The summed E-state index contributed by atoms with van der Waals surface area (Å²) in [5.74, 6) is 1.71. The lowest BCUT2D eigenvalue weighted by Crippen LogP contribution is -2.15. The van der Waals surface area contributed by atoms with Crippen LogP contribution >= 0.6 is 0 Å². The van der Waals surface area contributed by atoms with E-state index in [1.54, 1.807) is 6.20 Å². The van der Waals surface area contributed by atoms with Gasteiger partial charge in [0.05, 0.1) is 23.3 Å². The van der Waals surface area contributed by atoms with Crippen LogP contribution in [0, 0.1) is 0 Å². The Hall–Kier alpha value is -2.81. The van der Waals surface area contributed by atoms with Crippen LogP contribution < -0.4 is 9.64 Å². The first-order valence-electron chi connectivity index (χ1n) is 6.49. The summed E-state index contributed by atoms with van der Waals surface area (Å²) in [6, 6.07) is 20.0. The fraction of sp³-hybridized carbons (Fsp3) is 0. The third-order valence-electron chi connectivity index (χ3n) is 3.34. The van der Waals surface area contributed by atoms with Crippen molar-refractivity contribution >= 4 is 17.1 Å². The number of nitrogens with zero attached hydrogens (tertiary/aromatic N) is 2. The zero-order valence-corrected chi connectivity index (χ0v) is 10.7. The molecule has 20 heavy (non-hydrogen) atoms. The van der Waals surface area contributed by atoms with Crippen molar-refractivity contribution in [2.24, 2.45) is 0 Å². The second-order valence-corrected chi connectivity index (χ2v) is 4.58. The van der Waals surface area contributed by atoms with Crippen molar-refractivity contribution in [2.75, 3.05) is 4.90 Å². The molecule has 4 rings (SSSR count). The highest BCUT2D eigenvalue weighted by molar-refractivity contribution is 5.85. The summed E-state index contributed by atoms with van der Waals surface area (Å²) in [5, 5.41) is 0. The molecule has 0 saturated carbocycles. The summed E-state index contributed by atoms with van der Waals surface area (Å²) in [5.41, 5.74) is 3.08. The third kappa shape index (κ3) is 1.64. The Morgan fingerprint density at radius 2 is 1.40 bits per heavy atom. The first kappa shape index (κ1) is 11.1. The van der Waals surface area contributed by atoms with Gasteiger partial charge in [-0.15, -0.1) is 0 Å². The Morgan fingerprint density at radius 3 is 2.00 bits per heavy atom. The van der Waals surface area contributed by atoms with E-state index in [0.717, 1.165) is 28.6 Å². The molecule has 0 amide bonds. The average molecular weight is 260 g/mol. The van der Waals surface area contributed by atoms with Crippen molar-refractivity contribution < 1.29 is 4.74 Å². The highest BCUT2D eigenvalue weighted by Gasteiger charge is 2.24. The highest BCUT2D eigenvalue weighted by atomic mass is 16.5. The summed E-state index contributed by atoms with van der Waals surface area (Å²) in [6.45, 7) is 0. The van der Waals surface area contributed by atoms with Gasteiger partial charge in [0.25, 0.3) is 0 Å². The van der Waals surface area contributed by atoms with Gasteiger partial charge in [-0.3, -0.25) is 4.98 Å². The second-order valence-electron chi connectivity index (χ2n) is 4.58. The van der Waals surface area contributed by atoms with Crippen molar-refractivity contribution in [3.05, 3.63) is 73.1 Å². The predicted octanol–water partition coefficient (Wildman–Crippen LogP) is 4.66. The van der Waals surface area contributed by atoms with Gasteiger partial charge in [0.1, 0.15) is 0 Å². The molecule has 0 fully saturated rings. The number of benzene rings is 2. The number of para-hydroxylation sites is 4. The highest BCUT2D eigenvalue weighted by Crippen LogP contribution is 2.49. The van der Waals surface area contributed by atoms with Crippen molar-refractivity contribution in [1.82, 2.24) is 4.98 Å². The van der Waals surface area contributed by atoms with E-state index in [-0.39, 0.29) is 0 Å². The van der Waals surface area contributed by atoms with Crippen LogP contribution in [0.1, 0.15) is 0 Å². The summed E-state index contributed by atoms with van der Waals surface area (Å²) >= 11 is 0. The Labute approximate surface area is 117 Å². The number of hydrogen-bond donors (Lipinski definition) is 0. The van der Waals surface area contributed by atoms with Gasteiger partial charge in [-0.05, 0) is 36.4 Å². The monoisotopic (exact) mass is 260 g/mol. The minimum Gasteiger partial charge on any atom is -0.453 e. The van der Waals surface area contributed by atoms with Crippen LogP contribution in [0.2, 0.25) is 0 Å². The molecule has 0 radical (unpaired) electrons. The van der Waals surface area contributed by atoms with E-state index in [1.165, 1.54) is 0 Å². The maximum atomic E-state index is 5.97. The zero-order valence-electron chi connectivity index (χ0n) is 10.7. The fourth-order valence-corrected chi connectivity index (χ4v) is 2.47. The molecule has 3 aromatic rings. The topological polar surface area (TPSA) is 25.4 Å². The van der Waals surface area contributed by atoms with Gasteiger partial charge in [0, 0.05) is 6.20 Å². The largest absolute Gasteiger partial charge is 0.453 e. The van der Waals surface area contributed by atoms with Gasteiger partial charge >= 0.3 is 0 Å². The standard InChI is InChI=1S/C17H12N2O/c1-3-9-16-14(7-1)19(13-6-5-11-18-12-13)15-8-2-4-10-17(15)20-16/h1-12H. The fourth-order valence-electron chi connectivity index (χ4n) is 2.47. The van der Waals surface area contributed by atoms with Crippen LogP contribution in [0.3, 0.4) is 0 Å². The molecule has 2 aromatic carbocycles. The first-order valence-corrected chi connectivity index (χ1v) is 6.49. The molecule has 96 valence electrons. The maximum absolute atomic E-state index is 5.97. The van der Waals surface area contributed by atoms with E-state index in [4.69, 9.17) is 4.74 Å². The molecule has 0 atom stereocenters. The summed E-state index contributed by atoms with van der Waals surface area (Å²) in [4.78, 5) is 6.39.